The number of rotatable bonds is 3. The molecule has 0 heterocycles. The maximum Gasteiger partial charge on any atom is 0.270 e. The molecule has 0 bridgehead atoms. The molecule has 0 atom stereocenters. The van der Waals surface area contributed by atoms with Gasteiger partial charge in [-0.15, -0.1) is 0 Å². The van der Waals surface area contributed by atoms with Gasteiger partial charge >= 0.3 is 0 Å². The van der Waals surface area contributed by atoms with Crippen LogP contribution in [0, 0.1) is 21.4 Å². The molecule has 0 fully saturated rings. The third-order valence-corrected chi connectivity index (χ3v) is 3.31. The zero-order valence-corrected chi connectivity index (χ0v) is 12.1. The Bertz CT molecular complexity index is 779. The van der Waals surface area contributed by atoms with Crippen molar-refractivity contribution in [3.8, 4) is 6.07 Å². The van der Waals surface area contributed by atoms with Gasteiger partial charge in [0.05, 0.1) is 16.6 Å². The monoisotopic (exact) mass is 318 g/mol. The summed E-state index contributed by atoms with van der Waals surface area (Å²) in [6.45, 7) is 0. The fourth-order valence-corrected chi connectivity index (χ4v) is 2.20. The molecule has 0 radical (unpaired) electrons. The van der Waals surface area contributed by atoms with Crippen LogP contribution in [0.15, 0.2) is 42.5 Å². The first kappa shape index (κ1) is 15.0. The van der Waals surface area contributed by atoms with Crippen molar-refractivity contribution in [2.45, 2.75) is 0 Å². The lowest BCUT2D eigenvalue weighted by molar-refractivity contribution is -0.384. The summed E-state index contributed by atoms with van der Waals surface area (Å²) in [6.07, 6.45) is 1.57. The maximum atomic E-state index is 10.8. The summed E-state index contributed by atoms with van der Waals surface area (Å²) >= 11 is 11.9. The topological polar surface area (TPSA) is 66.9 Å². The third kappa shape index (κ3) is 3.60. The van der Waals surface area contributed by atoms with Crippen molar-refractivity contribution >= 4 is 40.5 Å². The van der Waals surface area contributed by atoms with Gasteiger partial charge in [-0.3, -0.25) is 10.1 Å². The Morgan fingerprint density at radius 2 is 2.00 bits per heavy atom. The lowest BCUT2D eigenvalue weighted by Gasteiger charge is -2.02. The van der Waals surface area contributed by atoms with E-state index in [1.807, 2.05) is 6.07 Å². The minimum absolute atomic E-state index is 0.0733. The Hall–Kier alpha value is -2.35. The maximum absolute atomic E-state index is 10.8. The molecule has 4 nitrogen and oxygen atoms in total. The number of benzene rings is 2. The minimum Gasteiger partial charge on any atom is -0.258 e. The molecule has 2 aromatic carbocycles. The van der Waals surface area contributed by atoms with Gasteiger partial charge in [-0.05, 0) is 29.3 Å². The standard InChI is InChI=1S/C15H8Cl2N2O2/c16-13-5-4-11(15(17)8-13)6-12(9-18)10-2-1-3-14(7-10)19(20)21/h1-8H/b12-6-. The average molecular weight is 319 g/mol. The van der Waals surface area contributed by atoms with E-state index in [0.29, 0.717) is 21.2 Å². The van der Waals surface area contributed by atoms with E-state index >= 15 is 0 Å². The van der Waals surface area contributed by atoms with E-state index in [0.717, 1.165) is 0 Å². The summed E-state index contributed by atoms with van der Waals surface area (Å²) in [6, 6.07) is 12.8. The van der Waals surface area contributed by atoms with Crippen LogP contribution in [-0.2, 0) is 0 Å². The number of hydrogen-bond acceptors (Lipinski definition) is 3. The Labute approximate surface area is 131 Å². The first-order chi connectivity index (χ1) is 10.0. The van der Waals surface area contributed by atoms with Crippen molar-refractivity contribution in [3.05, 3.63) is 73.8 Å². The van der Waals surface area contributed by atoms with Crippen LogP contribution in [-0.4, -0.2) is 4.92 Å². The Morgan fingerprint density at radius 3 is 2.62 bits per heavy atom. The van der Waals surface area contributed by atoms with Crippen LogP contribution >= 0.6 is 23.2 Å². The van der Waals surface area contributed by atoms with Crippen LogP contribution in [0.25, 0.3) is 11.6 Å². The van der Waals surface area contributed by atoms with E-state index in [-0.39, 0.29) is 11.3 Å². The molecule has 0 saturated heterocycles. The van der Waals surface area contributed by atoms with Crippen LogP contribution in [0.2, 0.25) is 10.0 Å². The minimum atomic E-state index is -0.506. The van der Waals surface area contributed by atoms with Crippen molar-refractivity contribution in [2.75, 3.05) is 0 Å². The molecule has 6 heteroatoms. The summed E-state index contributed by atoms with van der Waals surface area (Å²) in [5, 5.41) is 20.9. The SMILES string of the molecule is N#C/C(=C/c1ccc(Cl)cc1Cl)c1cccc([N+](=O)[O-])c1. The van der Waals surface area contributed by atoms with Crippen LogP contribution in [0.3, 0.4) is 0 Å². The Kier molecular flexibility index (Phi) is 4.59. The number of nitro benzene ring substituents is 1. The zero-order chi connectivity index (χ0) is 15.4. The molecule has 2 aromatic rings. The molecule has 0 N–H and O–H groups in total. The lowest BCUT2D eigenvalue weighted by Crippen LogP contribution is -1.90. The van der Waals surface area contributed by atoms with Gasteiger partial charge in [-0.25, -0.2) is 0 Å². The lowest BCUT2D eigenvalue weighted by atomic mass is 10.0. The molecule has 0 amide bonds. The highest BCUT2D eigenvalue weighted by Gasteiger charge is 2.09. The number of nitriles is 1. The summed E-state index contributed by atoms with van der Waals surface area (Å²) in [5.41, 5.74) is 1.28. The van der Waals surface area contributed by atoms with E-state index in [1.165, 1.54) is 18.2 Å². The van der Waals surface area contributed by atoms with Gasteiger partial charge in [0.25, 0.3) is 5.69 Å². The summed E-state index contributed by atoms with van der Waals surface area (Å²) in [5.74, 6) is 0. The number of nitrogens with zero attached hydrogens (tertiary/aromatic N) is 2. The van der Waals surface area contributed by atoms with Crippen LogP contribution in [0.5, 0.6) is 0 Å². The molecule has 0 aliphatic heterocycles. The van der Waals surface area contributed by atoms with Crippen LogP contribution in [0.4, 0.5) is 5.69 Å². The Morgan fingerprint density at radius 1 is 1.24 bits per heavy atom. The Balaban J connectivity index is 2.49. The van der Waals surface area contributed by atoms with Gasteiger partial charge in [0, 0.05) is 22.2 Å². The highest BCUT2D eigenvalue weighted by molar-refractivity contribution is 6.35. The molecular formula is C15H8Cl2N2O2. The second kappa shape index (κ2) is 6.40. The van der Waals surface area contributed by atoms with Crippen molar-refractivity contribution in [1.82, 2.24) is 0 Å². The van der Waals surface area contributed by atoms with Crippen LogP contribution < -0.4 is 0 Å². The second-order valence-corrected chi connectivity index (χ2v) is 4.99. The number of hydrogen-bond donors (Lipinski definition) is 0. The fourth-order valence-electron chi connectivity index (χ4n) is 1.74. The van der Waals surface area contributed by atoms with E-state index in [4.69, 9.17) is 23.2 Å². The van der Waals surface area contributed by atoms with Gasteiger partial charge in [-0.2, -0.15) is 5.26 Å². The normalized spacial score (nSPS) is 11.0. The quantitative estimate of drug-likeness (QED) is 0.347. The zero-order valence-electron chi connectivity index (χ0n) is 10.6. The number of halogens is 2. The van der Waals surface area contributed by atoms with E-state index < -0.39 is 4.92 Å². The van der Waals surface area contributed by atoms with E-state index in [9.17, 15) is 15.4 Å². The van der Waals surface area contributed by atoms with Gasteiger partial charge in [0.15, 0.2) is 0 Å². The molecule has 0 aromatic heterocycles. The smallest absolute Gasteiger partial charge is 0.258 e. The van der Waals surface area contributed by atoms with Crippen molar-refractivity contribution in [2.24, 2.45) is 0 Å². The van der Waals surface area contributed by atoms with Gasteiger partial charge in [-0.1, -0.05) is 41.4 Å². The van der Waals surface area contributed by atoms with Crippen molar-refractivity contribution in [3.63, 3.8) is 0 Å². The number of non-ortho nitro benzene ring substituents is 1. The average Bonchev–Trinajstić information content (AvgIpc) is 2.46. The molecule has 0 spiro atoms. The second-order valence-electron chi connectivity index (χ2n) is 4.14. The van der Waals surface area contributed by atoms with E-state index in [2.05, 4.69) is 0 Å². The number of nitro groups is 1. The van der Waals surface area contributed by atoms with Crippen molar-refractivity contribution in [1.29, 1.82) is 5.26 Å². The molecular weight excluding hydrogens is 311 g/mol. The molecule has 0 aliphatic rings. The number of allylic oxidation sites excluding steroid dienone is 1. The highest BCUT2D eigenvalue weighted by atomic mass is 35.5. The van der Waals surface area contributed by atoms with Gasteiger partial charge < -0.3 is 0 Å². The predicted octanol–water partition coefficient (Wildman–Crippen LogP) is 4.97. The first-order valence-electron chi connectivity index (χ1n) is 5.83. The summed E-state index contributed by atoms with van der Waals surface area (Å²) in [7, 11) is 0. The third-order valence-electron chi connectivity index (χ3n) is 2.75. The molecule has 0 saturated carbocycles. The fraction of sp³-hybridized carbons (Fsp3) is 0. The van der Waals surface area contributed by atoms with Gasteiger partial charge in [0.1, 0.15) is 0 Å². The summed E-state index contributed by atoms with van der Waals surface area (Å²) < 4.78 is 0. The molecule has 21 heavy (non-hydrogen) atoms. The van der Waals surface area contributed by atoms with Gasteiger partial charge in [0.2, 0.25) is 0 Å². The summed E-state index contributed by atoms with van der Waals surface area (Å²) in [4.78, 5) is 10.3. The predicted molar refractivity (Wildman–Crippen MR) is 83.0 cm³/mol. The molecule has 0 unspecified atom stereocenters. The largest absolute Gasteiger partial charge is 0.270 e. The molecule has 104 valence electrons. The highest BCUT2D eigenvalue weighted by Crippen LogP contribution is 2.27. The first-order valence-corrected chi connectivity index (χ1v) is 6.58. The van der Waals surface area contributed by atoms with E-state index in [1.54, 1.807) is 30.3 Å². The molecule has 0 aliphatic carbocycles. The molecule has 2 rings (SSSR count). The van der Waals surface area contributed by atoms with Crippen LogP contribution in [0.1, 0.15) is 11.1 Å². The van der Waals surface area contributed by atoms with Crippen molar-refractivity contribution < 1.29 is 4.92 Å².